The predicted octanol–water partition coefficient (Wildman–Crippen LogP) is 1.36. The molecule has 3 rings (SSSR count). The molecule has 1 saturated heterocycles. The van der Waals surface area contributed by atoms with Crippen LogP contribution < -0.4 is 10.1 Å². The fourth-order valence-electron chi connectivity index (χ4n) is 2.94. The highest BCUT2D eigenvalue weighted by Crippen LogP contribution is 2.41. The number of methoxy groups -OCH3 is 1. The summed E-state index contributed by atoms with van der Waals surface area (Å²) in [5, 5.41) is 11.9. The van der Waals surface area contributed by atoms with Crippen molar-refractivity contribution in [3.63, 3.8) is 0 Å². The minimum Gasteiger partial charge on any atom is -0.497 e. The molecule has 1 amide bonds. The molecule has 0 aromatic heterocycles. The van der Waals surface area contributed by atoms with Gasteiger partial charge in [-0.2, -0.15) is 5.26 Å². The molecular formula is C14H15N3O2. The van der Waals surface area contributed by atoms with E-state index in [0.717, 1.165) is 23.4 Å². The van der Waals surface area contributed by atoms with E-state index >= 15 is 0 Å². The quantitative estimate of drug-likeness (QED) is 0.771. The van der Waals surface area contributed by atoms with Crippen LogP contribution in [0.2, 0.25) is 0 Å². The topological polar surface area (TPSA) is 65.4 Å². The second kappa shape index (κ2) is 4.16. The number of carbonyl (C=O) groups excluding carboxylic acids is 1. The molecule has 1 spiro atoms. The number of carbonyl (C=O) groups is 1. The van der Waals surface area contributed by atoms with Crippen LogP contribution in [-0.4, -0.2) is 31.0 Å². The maximum absolute atomic E-state index is 12.4. The third kappa shape index (κ3) is 1.80. The first kappa shape index (κ1) is 11.8. The van der Waals surface area contributed by atoms with Crippen LogP contribution in [0, 0.1) is 16.9 Å². The van der Waals surface area contributed by atoms with Gasteiger partial charge in [0.25, 0.3) is 0 Å². The molecule has 19 heavy (non-hydrogen) atoms. The number of benzene rings is 1. The molecule has 5 nitrogen and oxygen atoms in total. The van der Waals surface area contributed by atoms with Crippen molar-refractivity contribution in [2.45, 2.75) is 12.8 Å². The number of nitriles is 1. The Morgan fingerprint density at radius 2 is 2.37 bits per heavy atom. The molecule has 0 saturated carbocycles. The van der Waals surface area contributed by atoms with Crippen molar-refractivity contribution >= 4 is 11.6 Å². The van der Waals surface area contributed by atoms with Crippen molar-refractivity contribution in [2.75, 3.05) is 25.5 Å². The maximum atomic E-state index is 12.4. The van der Waals surface area contributed by atoms with Crippen molar-refractivity contribution < 1.29 is 9.53 Å². The maximum Gasteiger partial charge on any atom is 0.232 e. The Balaban J connectivity index is 1.93. The van der Waals surface area contributed by atoms with Crippen LogP contribution in [0.4, 0.5) is 5.69 Å². The Morgan fingerprint density at radius 3 is 3.05 bits per heavy atom. The Hall–Kier alpha value is -2.22. The van der Waals surface area contributed by atoms with E-state index in [2.05, 4.69) is 11.5 Å². The summed E-state index contributed by atoms with van der Waals surface area (Å²) >= 11 is 0. The number of rotatable bonds is 1. The van der Waals surface area contributed by atoms with Gasteiger partial charge in [-0.25, -0.2) is 0 Å². The molecule has 2 aliphatic rings. The largest absolute Gasteiger partial charge is 0.497 e. The van der Waals surface area contributed by atoms with Gasteiger partial charge in [-0.15, -0.1) is 0 Å². The van der Waals surface area contributed by atoms with Gasteiger partial charge in [0.2, 0.25) is 5.91 Å². The molecule has 5 heteroatoms. The average molecular weight is 257 g/mol. The smallest absolute Gasteiger partial charge is 0.232 e. The van der Waals surface area contributed by atoms with Gasteiger partial charge in [-0.05, 0) is 24.5 Å². The lowest BCUT2D eigenvalue weighted by atomic mass is 9.77. The van der Waals surface area contributed by atoms with Gasteiger partial charge in [-0.3, -0.25) is 4.79 Å². The van der Waals surface area contributed by atoms with Gasteiger partial charge >= 0.3 is 0 Å². The third-order valence-corrected chi connectivity index (χ3v) is 4.07. The highest BCUT2D eigenvalue weighted by Gasteiger charge is 2.47. The van der Waals surface area contributed by atoms with Gasteiger partial charge in [0.15, 0.2) is 6.19 Å². The second-order valence-corrected chi connectivity index (χ2v) is 5.21. The molecule has 0 aliphatic carbocycles. The summed E-state index contributed by atoms with van der Waals surface area (Å²) in [6.07, 6.45) is 3.56. The lowest BCUT2D eigenvalue weighted by Gasteiger charge is -2.33. The summed E-state index contributed by atoms with van der Waals surface area (Å²) < 4.78 is 5.16. The third-order valence-electron chi connectivity index (χ3n) is 4.07. The predicted molar refractivity (Wildman–Crippen MR) is 69.6 cm³/mol. The molecule has 1 aromatic carbocycles. The Kier molecular flexibility index (Phi) is 2.59. The number of amides is 1. The molecule has 1 aromatic rings. The first-order valence-corrected chi connectivity index (χ1v) is 6.30. The van der Waals surface area contributed by atoms with E-state index in [0.29, 0.717) is 19.5 Å². The number of anilines is 1. The van der Waals surface area contributed by atoms with Gasteiger partial charge in [0, 0.05) is 24.8 Å². The number of nitrogens with one attached hydrogen (secondary N) is 1. The zero-order valence-electron chi connectivity index (χ0n) is 10.8. The fourth-order valence-corrected chi connectivity index (χ4v) is 2.94. The normalized spacial score (nSPS) is 24.8. The van der Waals surface area contributed by atoms with Crippen molar-refractivity contribution in [1.29, 1.82) is 5.26 Å². The number of hydrogen-bond donors (Lipinski definition) is 1. The summed E-state index contributed by atoms with van der Waals surface area (Å²) in [6, 6.07) is 5.74. The molecule has 1 fully saturated rings. The van der Waals surface area contributed by atoms with Crippen molar-refractivity contribution in [1.82, 2.24) is 4.90 Å². The van der Waals surface area contributed by atoms with Gasteiger partial charge in [-0.1, -0.05) is 6.07 Å². The lowest BCUT2D eigenvalue weighted by molar-refractivity contribution is -0.125. The number of hydrogen-bond acceptors (Lipinski definition) is 4. The van der Waals surface area contributed by atoms with Gasteiger partial charge in [0.1, 0.15) is 5.75 Å². The Bertz CT molecular complexity index is 579. The SMILES string of the molecule is COc1ccc2c(c1)NC(=O)C1(CCN(C#N)C1)C2. The summed E-state index contributed by atoms with van der Waals surface area (Å²) in [5.74, 6) is 0.756. The first-order chi connectivity index (χ1) is 9.16. The summed E-state index contributed by atoms with van der Waals surface area (Å²) in [6.45, 7) is 1.18. The van der Waals surface area contributed by atoms with Crippen LogP contribution in [0.25, 0.3) is 0 Å². The van der Waals surface area contributed by atoms with E-state index in [-0.39, 0.29) is 5.91 Å². The zero-order chi connectivity index (χ0) is 13.5. The minimum atomic E-state index is -0.447. The van der Waals surface area contributed by atoms with Crippen LogP contribution in [0.1, 0.15) is 12.0 Å². The summed E-state index contributed by atoms with van der Waals surface area (Å²) in [4.78, 5) is 14.0. The Labute approximate surface area is 111 Å². The monoisotopic (exact) mass is 257 g/mol. The average Bonchev–Trinajstić information content (AvgIpc) is 2.84. The van der Waals surface area contributed by atoms with E-state index in [4.69, 9.17) is 10.00 Å². The number of likely N-dealkylation sites (tertiary alicyclic amines) is 1. The standard InChI is InChI=1S/C14H15N3O2/c1-19-11-3-2-10-7-14(4-5-17(8-14)9-15)13(18)16-12(10)6-11/h2-3,6H,4-5,7-8H2,1H3,(H,16,18). The molecule has 1 atom stereocenters. The van der Waals surface area contributed by atoms with Crippen LogP contribution >= 0.6 is 0 Å². The van der Waals surface area contributed by atoms with Crippen LogP contribution in [0.5, 0.6) is 5.75 Å². The van der Waals surface area contributed by atoms with E-state index < -0.39 is 5.41 Å². The van der Waals surface area contributed by atoms with E-state index in [1.165, 1.54) is 0 Å². The summed E-state index contributed by atoms with van der Waals surface area (Å²) in [7, 11) is 1.61. The first-order valence-electron chi connectivity index (χ1n) is 6.30. The minimum absolute atomic E-state index is 0.0194. The molecule has 2 aliphatic heterocycles. The van der Waals surface area contributed by atoms with Crippen LogP contribution in [0.3, 0.4) is 0 Å². The molecule has 0 radical (unpaired) electrons. The molecule has 98 valence electrons. The van der Waals surface area contributed by atoms with Crippen molar-refractivity contribution in [2.24, 2.45) is 5.41 Å². The lowest BCUT2D eigenvalue weighted by Crippen LogP contribution is -2.43. The summed E-state index contributed by atoms with van der Waals surface area (Å²) in [5.41, 5.74) is 1.49. The number of ether oxygens (including phenoxy) is 1. The van der Waals surface area contributed by atoms with E-state index in [1.807, 2.05) is 18.2 Å². The van der Waals surface area contributed by atoms with Crippen LogP contribution in [-0.2, 0) is 11.2 Å². The van der Waals surface area contributed by atoms with Crippen molar-refractivity contribution in [3.8, 4) is 11.9 Å². The fraction of sp³-hybridized carbons (Fsp3) is 0.429. The van der Waals surface area contributed by atoms with Gasteiger partial charge < -0.3 is 15.0 Å². The molecular weight excluding hydrogens is 242 g/mol. The highest BCUT2D eigenvalue weighted by molar-refractivity contribution is 5.99. The van der Waals surface area contributed by atoms with E-state index in [1.54, 1.807) is 12.0 Å². The number of nitrogens with zero attached hydrogens (tertiary/aromatic N) is 2. The van der Waals surface area contributed by atoms with Crippen LogP contribution in [0.15, 0.2) is 18.2 Å². The molecule has 1 unspecified atom stereocenters. The van der Waals surface area contributed by atoms with E-state index in [9.17, 15) is 4.79 Å². The van der Waals surface area contributed by atoms with Crippen molar-refractivity contribution in [3.05, 3.63) is 23.8 Å². The molecule has 2 heterocycles. The zero-order valence-corrected chi connectivity index (χ0v) is 10.8. The Morgan fingerprint density at radius 1 is 1.53 bits per heavy atom. The number of fused-ring (bicyclic) bond motifs is 1. The van der Waals surface area contributed by atoms with Gasteiger partial charge in [0.05, 0.1) is 12.5 Å². The second-order valence-electron chi connectivity index (χ2n) is 5.21. The molecule has 1 N–H and O–H groups in total. The molecule has 0 bridgehead atoms. The highest BCUT2D eigenvalue weighted by atomic mass is 16.5.